The summed E-state index contributed by atoms with van der Waals surface area (Å²) in [4.78, 5) is 0. The fourth-order valence-electron chi connectivity index (χ4n) is 3.31. The molecule has 3 unspecified atom stereocenters. The smallest absolute Gasteiger partial charge is 0.119 e. The normalized spacial score (nSPS) is 31.2. The third-order valence-corrected chi connectivity index (χ3v) is 4.32. The maximum Gasteiger partial charge on any atom is 0.119 e. The molecule has 3 atom stereocenters. The van der Waals surface area contributed by atoms with Crippen LogP contribution in [0.5, 0.6) is 5.75 Å². The molecular weight excluding hydrogens is 224 g/mol. The van der Waals surface area contributed by atoms with E-state index in [1.165, 1.54) is 19.3 Å². The molecule has 2 heteroatoms. The molecule has 0 amide bonds. The van der Waals surface area contributed by atoms with Crippen LogP contribution in [0, 0.1) is 17.8 Å². The highest BCUT2D eigenvalue weighted by Gasteiger charge is 2.47. The Morgan fingerprint density at radius 1 is 1.06 bits per heavy atom. The summed E-state index contributed by atoms with van der Waals surface area (Å²) < 4.78 is 5.62. The quantitative estimate of drug-likeness (QED) is 0.880. The SMILES string of the molecule is CC(C)Oc1ccc(C(O)C2CC3CC3C2)cc1. The second-order valence-electron chi connectivity index (χ2n) is 6.17. The van der Waals surface area contributed by atoms with E-state index in [2.05, 4.69) is 0 Å². The topological polar surface area (TPSA) is 29.5 Å². The predicted molar refractivity (Wildman–Crippen MR) is 71.5 cm³/mol. The first-order chi connectivity index (χ1) is 8.63. The zero-order chi connectivity index (χ0) is 12.7. The minimum absolute atomic E-state index is 0.197. The number of benzene rings is 1. The van der Waals surface area contributed by atoms with Crippen molar-refractivity contribution in [3.05, 3.63) is 29.8 Å². The maximum atomic E-state index is 10.4. The van der Waals surface area contributed by atoms with Gasteiger partial charge in [-0.05, 0) is 68.6 Å². The molecule has 2 fully saturated rings. The van der Waals surface area contributed by atoms with Crippen molar-refractivity contribution in [3.63, 3.8) is 0 Å². The van der Waals surface area contributed by atoms with E-state index in [9.17, 15) is 5.11 Å². The molecule has 2 saturated carbocycles. The summed E-state index contributed by atoms with van der Waals surface area (Å²) in [7, 11) is 0. The Kier molecular flexibility index (Phi) is 3.06. The summed E-state index contributed by atoms with van der Waals surface area (Å²) in [6.07, 6.45) is 3.75. The van der Waals surface area contributed by atoms with E-state index in [0.29, 0.717) is 5.92 Å². The van der Waals surface area contributed by atoms with Gasteiger partial charge in [0.05, 0.1) is 12.2 Å². The number of fused-ring (bicyclic) bond motifs is 1. The van der Waals surface area contributed by atoms with Crippen molar-refractivity contribution in [2.45, 2.75) is 45.3 Å². The van der Waals surface area contributed by atoms with Gasteiger partial charge in [-0.2, -0.15) is 0 Å². The first kappa shape index (κ1) is 12.0. The summed E-state index contributed by atoms with van der Waals surface area (Å²) in [6, 6.07) is 7.95. The second-order valence-corrected chi connectivity index (χ2v) is 6.17. The zero-order valence-corrected chi connectivity index (χ0v) is 11.2. The van der Waals surface area contributed by atoms with E-state index >= 15 is 0 Å². The standard InChI is InChI=1S/C16H22O2/c1-10(2)18-15-5-3-11(4-6-15)16(17)14-8-12-7-13(12)9-14/h3-6,10,12-14,16-17H,7-9H2,1-2H3. The molecule has 0 spiro atoms. The highest BCUT2D eigenvalue weighted by Crippen LogP contribution is 2.57. The third kappa shape index (κ3) is 2.39. The van der Waals surface area contributed by atoms with Crippen molar-refractivity contribution >= 4 is 0 Å². The fraction of sp³-hybridized carbons (Fsp3) is 0.625. The monoisotopic (exact) mass is 246 g/mol. The van der Waals surface area contributed by atoms with Crippen molar-refractivity contribution in [1.29, 1.82) is 0 Å². The van der Waals surface area contributed by atoms with Gasteiger partial charge in [0.25, 0.3) is 0 Å². The van der Waals surface area contributed by atoms with Crippen molar-refractivity contribution in [2.24, 2.45) is 17.8 Å². The van der Waals surface area contributed by atoms with E-state index in [4.69, 9.17) is 4.74 Å². The van der Waals surface area contributed by atoms with Gasteiger partial charge < -0.3 is 9.84 Å². The molecule has 0 aliphatic heterocycles. The maximum absolute atomic E-state index is 10.4. The Morgan fingerprint density at radius 3 is 2.22 bits per heavy atom. The summed E-state index contributed by atoms with van der Waals surface area (Å²) >= 11 is 0. The molecule has 0 radical (unpaired) electrons. The fourth-order valence-corrected chi connectivity index (χ4v) is 3.31. The third-order valence-electron chi connectivity index (χ3n) is 4.32. The van der Waals surface area contributed by atoms with E-state index in [0.717, 1.165) is 23.1 Å². The molecule has 1 aromatic carbocycles. The average molecular weight is 246 g/mol. The molecule has 0 heterocycles. The minimum atomic E-state index is -0.286. The molecule has 2 aliphatic carbocycles. The van der Waals surface area contributed by atoms with Gasteiger partial charge in [-0.15, -0.1) is 0 Å². The molecule has 2 aliphatic rings. The summed E-state index contributed by atoms with van der Waals surface area (Å²) in [5.74, 6) is 3.21. The second kappa shape index (κ2) is 4.58. The molecule has 2 nitrogen and oxygen atoms in total. The van der Waals surface area contributed by atoms with Gasteiger partial charge in [-0.1, -0.05) is 12.1 Å². The van der Waals surface area contributed by atoms with Gasteiger partial charge in [0, 0.05) is 0 Å². The Labute approximate surface area is 109 Å². The van der Waals surface area contributed by atoms with Crippen LogP contribution in [0.2, 0.25) is 0 Å². The lowest BCUT2D eigenvalue weighted by Gasteiger charge is -2.20. The van der Waals surface area contributed by atoms with E-state index in [1.807, 2.05) is 38.1 Å². The van der Waals surface area contributed by atoms with Crippen molar-refractivity contribution in [2.75, 3.05) is 0 Å². The van der Waals surface area contributed by atoms with Crippen LogP contribution in [-0.2, 0) is 0 Å². The Morgan fingerprint density at radius 2 is 1.67 bits per heavy atom. The molecule has 1 N–H and O–H groups in total. The molecule has 3 rings (SSSR count). The van der Waals surface area contributed by atoms with Gasteiger partial charge in [-0.25, -0.2) is 0 Å². The predicted octanol–water partition coefficient (Wildman–Crippen LogP) is 3.55. The number of hydrogen-bond acceptors (Lipinski definition) is 2. The van der Waals surface area contributed by atoms with Gasteiger partial charge in [0.15, 0.2) is 0 Å². The van der Waals surface area contributed by atoms with Crippen LogP contribution in [0.15, 0.2) is 24.3 Å². The van der Waals surface area contributed by atoms with Crippen LogP contribution in [0.3, 0.4) is 0 Å². The number of rotatable bonds is 4. The molecule has 0 saturated heterocycles. The van der Waals surface area contributed by atoms with Crippen LogP contribution in [-0.4, -0.2) is 11.2 Å². The molecule has 18 heavy (non-hydrogen) atoms. The average Bonchev–Trinajstić information content (AvgIpc) is 2.95. The number of aliphatic hydroxyl groups excluding tert-OH is 1. The van der Waals surface area contributed by atoms with Crippen molar-refractivity contribution < 1.29 is 9.84 Å². The van der Waals surface area contributed by atoms with Crippen LogP contribution < -0.4 is 4.74 Å². The van der Waals surface area contributed by atoms with Gasteiger partial charge in [0.2, 0.25) is 0 Å². The first-order valence-electron chi connectivity index (χ1n) is 7.08. The lowest BCUT2D eigenvalue weighted by Crippen LogP contribution is -2.11. The largest absolute Gasteiger partial charge is 0.491 e. The zero-order valence-electron chi connectivity index (χ0n) is 11.2. The summed E-state index contributed by atoms with van der Waals surface area (Å²) in [5, 5.41) is 10.4. The van der Waals surface area contributed by atoms with Crippen molar-refractivity contribution in [1.82, 2.24) is 0 Å². The number of ether oxygens (including phenoxy) is 1. The molecule has 0 aromatic heterocycles. The van der Waals surface area contributed by atoms with E-state index in [1.54, 1.807) is 0 Å². The lowest BCUT2D eigenvalue weighted by molar-refractivity contribution is 0.104. The van der Waals surface area contributed by atoms with Crippen LogP contribution in [0.1, 0.15) is 44.8 Å². The summed E-state index contributed by atoms with van der Waals surface area (Å²) in [5.41, 5.74) is 1.04. The van der Waals surface area contributed by atoms with E-state index < -0.39 is 0 Å². The Bertz CT molecular complexity index is 400. The van der Waals surface area contributed by atoms with Crippen LogP contribution in [0.4, 0.5) is 0 Å². The molecule has 98 valence electrons. The number of aliphatic hydroxyl groups is 1. The highest BCUT2D eigenvalue weighted by molar-refractivity contribution is 5.29. The minimum Gasteiger partial charge on any atom is -0.491 e. The molecule has 0 bridgehead atoms. The van der Waals surface area contributed by atoms with Gasteiger partial charge in [0.1, 0.15) is 5.75 Å². The van der Waals surface area contributed by atoms with Crippen LogP contribution >= 0.6 is 0 Å². The summed E-state index contributed by atoms with van der Waals surface area (Å²) in [6.45, 7) is 4.04. The molecule has 1 aromatic rings. The first-order valence-corrected chi connectivity index (χ1v) is 7.08. The van der Waals surface area contributed by atoms with Gasteiger partial charge in [-0.3, -0.25) is 0 Å². The molecular formula is C16H22O2. The van der Waals surface area contributed by atoms with E-state index in [-0.39, 0.29) is 12.2 Å². The Balaban J connectivity index is 1.64. The lowest BCUT2D eigenvalue weighted by atomic mass is 9.91. The highest BCUT2D eigenvalue weighted by atomic mass is 16.5. The Hall–Kier alpha value is -1.02. The van der Waals surface area contributed by atoms with Crippen molar-refractivity contribution in [3.8, 4) is 5.75 Å². The van der Waals surface area contributed by atoms with Crippen LogP contribution in [0.25, 0.3) is 0 Å². The number of hydrogen-bond donors (Lipinski definition) is 1. The van der Waals surface area contributed by atoms with Gasteiger partial charge >= 0.3 is 0 Å².